The number of rotatable bonds is 1. The van der Waals surface area contributed by atoms with E-state index in [1.165, 1.54) is 12.1 Å². The van der Waals surface area contributed by atoms with Gasteiger partial charge in [-0.3, -0.25) is 4.21 Å². The zero-order valence-corrected chi connectivity index (χ0v) is 12.5. The first-order valence-corrected chi connectivity index (χ1v) is 8.12. The molecule has 7 heteroatoms. The molecule has 0 unspecified atom stereocenters. The molecule has 0 radical (unpaired) electrons. The number of carbonyl (C=O) groups excluding carboxylic acids is 1. The van der Waals surface area contributed by atoms with Crippen LogP contribution in [0, 0.1) is 17.1 Å². The van der Waals surface area contributed by atoms with E-state index in [-0.39, 0.29) is 23.3 Å². The first-order chi connectivity index (χ1) is 10.0. The summed E-state index contributed by atoms with van der Waals surface area (Å²) in [7, 11) is -0.895. The molecule has 1 saturated heterocycles. The molecule has 1 heterocycles. The second kappa shape index (κ2) is 6.68. The molecule has 1 aliphatic rings. The van der Waals surface area contributed by atoms with E-state index in [0.29, 0.717) is 24.5 Å². The van der Waals surface area contributed by atoms with Crippen LogP contribution < -0.4 is 5.32 Å². The Kier molecular flexibility index (Phi) is 4.91. The Morgan fingerprint density at radius 2 is 2.29 bits per heavy atom. The van der Waals surface area contributed by atoms with Crippen LogP contribution in [0.25, 0.3) is 0 Å². The van der Waals surface area contributed by atoms with Crippen molar-refractivity contribution in [3.63, 3.8) is 0 Å². The lowest BCUT2D eigenvalue weighted by Crippen LogP contribution is -2.42. The van der Waals surface area contributed by atoms with Crippen LogP contribution in [0.4, 0.5) is 14.9 Å². The molecule has 1 aliphatic heterocycles. The van der Waals surface area contributed by atoms with Gasteiger partial charge in [-0.1, -0.05) is 0 Å². The van der Waals surface area contributed by atoms with Gasteiger partial charge in [0.15, 0.2) is 0 Å². The number of urea groups is 1. The predicted octanol–water partition coefficient (Wildman–Crippen LogP) is 2.07. The Hall–Kier alpha value is -1.94. The van der Waals surface area contributed by atoms with E-state index in [4.69, 9.17) is 5.26 Å². The molecule has 21 heavy (non-hydrogen) atoms. The van der Waals surface area contributed by atoms with Crippen molar-refractivity contribution in [3.05, 3.63) is 29.6 Å². The van der Waals surface area contributed by atoms with Gasteiger partial charge in [-0.2, -0.15) is 5.26 Å². The molecule has 2 rings (SSSR count). The minimum atomic E-state index is -0.895. The molecule has 112 valence electrons. The zero-order valence-electron chi connectivity index (χ0n) is 11.6. The Labute approximate surface area is 125 Å². The van der Waals surface area contributed by atoms with E-state index < -0.39 is 16.6 Å². The molecular formula is C14H16FN3O2S. The van der Waals surface area contributed by atoms with Gasteiger partial charge >= 0.3 is 6.03 Å². The van der Waals surface area contributed by atoms with E-state index in [1.807, 2.05) is 13.0 Å². The highest BCUT2D eigenvalue weighted by Crippen LogP contribution is 2.18. The van der Waals surface area contributed by atoms with Gasteiger partial charge in [-0.05, 0) is 31.5 Å². The molecule has 0 aliphatic carbocycles. The monoisotopic (exact) mass is 309 g/mol. The van der Waals surface area contributed by atoms with Crippen LogP contribution in [-0.2, 0) is 10.8 Å². The van der Waals surface area contributed by atoms with Gasteiger partial charge in [0.2, 0.25) is 0 Å². The number of nitriles is 1. The fourth-order valence-corrected chi connectivity index (χ4v) is 3.40. The van der Waals surface area contributed by atoms with Crippen LogP contribution in [-0.4, -0.2) is 39.2 Å². The zero-order chi connectivity index (χ0) is 15.4. The molecule has 1 fully saturated rings. The number of anilines is 1. The molecule has 1 N–H and O–H groups in total. The largest absolute Gasteiger partial charge is 0.322 e. The summed E-state index contributed by atoms with van der Waals surface area (Å²) in [6, 6.07) is 5.11. The van der Waals surface area contributed by atoms with Crippen molar-refractivity contribution >= 4 is 22.5 Å². The number of benzene rings is 1. The highest BCUT2D eigenvalue weighted by molar-refractivity contribution is 7.85. The number of halogens is 1. The third kappa shape index (κ3) is 3.79. The van der Waals surface area contributed by atoms with Crippen molar-refractivity contribution in [2.24, 2.45) is 0 Å². The van der Waals surface area contributed by atoms with Crippen LogP contribution in [0.1, 0.15) is 18.9 Å². The standard InChI is InChI=1S/C14H16FN3O2S/c1-10-4-6-21(20)7-5-18(10)14(19)17-13-3-2-12(15)8-11(13)9-16/h2-3,8,10H,4-7H2,1H3,(H,17,19)/t10-,21+/m0/s1. The molecular weight excluding hydrogens is 293 g/mol. The first-order valence-electron chi connectivity index (χ1n) is 6.63. The number of hydrogen-bond donors (Lipinski definition) is 1. The average Bonchev–Trinajstić information content (AvgIpc) is 2.63. The highest BCUT2D eigenvalue weighted by atomic mass is 32.2. The van der Waals surface area contributed by atoms with Crippen molar-refractivity contribution in [1.29, 1.82) is 5.26 Å². The molecule has 0 aromatic heterocycles. The Morgan fingerprint density at radius 1 is 1.52 bits per heavy atom. The van der Waals surface area contributed by atoms with E-state index in [2.05, 4.69) is 5.32 Å². The van der Waals surface area contributed by atoms with Gasteiger partial charge in [0.25, 0.3) is 0 Å². The highest BCUT2D eigenvalue weighted by Gasteiger charge is 2.24. The minimum absolute atomic E-state index is 0.0255. The second-order valence-electron chi connectivity index (χ2n) is 4.91. The normalized spacial score (nSPS) is 22.2. The lowest BCUT2D eigenvalue weighted by Gasteiger charge is -2.27. The summed E-state index contributed by atoms with van der Waals surface area (Å²) >= 11 is 0. The number of carbonyl (C=O) groups is 1. The molecule has 0 spiro atoms. The molecule has 1 aromatic rings. The summed E-state index contributed by atoms with van der Waals surface area (Å²) in [5, 5.41) is 11.6. The summed E-state index contributed by atoms with van der Waals surface area (Å²) in [5.41, 5.74) is 0.357. The van der Waals surface area contributed by atoms with Crippen molar-refractivity contribution in [2.75, 3.05) is 23.4 Å². The third-order valence-electron chi connectivity index (χ3n) is 3.46. The Balaban J connectivity index is 2.14. The van der Waals surface area contributed by atoms with E-state index in [1.54, 1.807) is 4.90 Å². The summed E-state index contributed by atoms with van der Waals surface area (Å²) in [6.07, 6.45) is 0.675. The fourth-order valence-electron chi connectivity index (χ4n) is 2.19. The van der Waals surface area contributed by atoms with Crippen LogP contribution in [0.15, 0.2) is 18.2 Å². The smallest absolute Gasteiger partial charge is 0.321 e. The van der Waals surface area contributed by atoms with Crippen molar-refractivity contribution in [3.8, 4) is 6.07 Å². The van der Waals surface area contributed by atoms with E-state index in [9.17, 15) is 13.4 Å². The quantitative estimate of drug-likeness (QED) is 0.863. The van der Waals surface area contributed by atoms with Gasteiger partial charge in [0.05, 0.1) is 11.3 Å². The molecule has 1 aromatic carbocycles. The maximum atomic E-state index is 13.1. The van der Waals surface area contributed by atoms with Crippen LogP contribution in [0.5, 0.6) is 0 Å². The molecule has 0 saturated carbocycles. The summed E-state index contributed by atoms with van der Waals surface area (Å²) in [6.45, 7) is 2.31. The number of amides is 2. The number of nitrogens with one attached hydrogen (secondary N) is 1. The predicted molar refractivity (Wildman–Crippen MR) is 78.8 cm³/mol. The Bertz CT molecular complexity index is 615. The van der Waals surface area contributed by atoms with Gasteiger partial charge in [-0.25, -0.2) is 9.18 Å². The lowest BCUT2D eigenvalue weighted by atomic mass is 10.2. The summed E-state index contributed by atoms with van der Waals surface area (Å²) in [4.78, 5) is 13.9. The minimum Gasteiger partial charge on any atom is -0.321 e. The summed E-state index contributed by atoms with van der Waals surface area (Å²) in [5.74, 6) is 0.514. The van der Waals surface area contributed by atoms with Crippen molar-refractivity contribution in [1.82, 2.24) is 4.90 Å². The third-order valence-corrected chi connectivity index (χ3v) is 4.79. The van der Waals surface area contributed by atoms with Gasteiger partial charge in [0.1, 0.15) is 11.9 Å². The van der Waals surface area contributed by atoms with E-state index >= 15 is 0 Å². The average molecular weight is 309 g/mol. The van der Waals surface area contributed by atoms with Gasteiger partial charge < -0.3 is 10.2 Å². The summed E-state index contributed by atoms with van der Waals surface area (Å²) < 4.78 is 24.6. The van der Waals surface area contributed by atoms with E-state index in [0.717, 1.165) is 6.07 Å². The topological polar surface area (TPSA) is 73.2 Å². The Morgan fingerprint density at radius 3 is 3.00 bits per heavy atom. The number of nitrogens with zero attached hydrogens (tertiary/aromatic N) is 2. The first kappa shape index (κ1) is 15.4. The van der Waals surface area contributed by atoms with Crippen LogP contribution in [0.2, 0.25) is 0 Å². The lowest BCUT2D eigenvalue weighted by molar-refractivity contribution is 0.197. The molecule has 2 amide bonds. The fraction of sp³-hybridized carbons (Fsp3) is 0.429. The molecule has 2 atom stereocenters. The number of hydrogen-bond acceptors (Lipinski definition) is 3. The van der Waals surface area contributed by atoms with Crippen LogP contribution in [0.3, 0.4) is 0 Å². The van der Waals surface area contributed by atoms with Gasteiger partial charge in [-0.15, -0.1) is 0 Å². The van der Waals surface area contributed by atoms with Gasteiger partial charge in [0, 0.05) is 34.9 Å². The molecule has 5 nitrogen and oxygen atoms in total. The maximum absolute atomic E-state index is 13.1. The second-order valence-corrected chi connectivity index (χ2v) is 6.61. The van der Waals surface area contributed by atoms with Crippen molar-refractivity contribution < 1.29 is 13.4 Å². The maximum Gasteiger partial charge on any atom is 0.322 e. The SMILES string of the molecule is C[C@H]1CC[S@@](=O)CCN1C(=O)Nc1ccc(F)cc1C#N. The van der Waals surface area contributed by atoms with Crippen molar-refractivity contribution in [2.45, 2.75) is 19.4 Å². The van der Waals surface area contributed by atoms with Crippen LogP contribution >= 0.6 is 0 Å². The molecule has 0 bridgehead atoms.